The second kappa shape index (κ2) is 5.47. The van der Waals surface area contributed by atoms with Crippen LogP contribution >= 0.6 is 23.2 Å². The Morgan fingerprint density at radius 2 is 1.80 bits per heavy atom. The van der Waals surface area contributed by atoms with Crippen LogP contribution in [0.15, 0.2) is 41.3 Å². The molecular weight excluding hydrogens is 326 g/mol. The number of anilines is 2. The van der Waals surface area contributed by atoms with Crippen molar-refractivity contribution in [2.24, 2.45) is 0 Å². The normalized spacial score (nSPS) is 11.3. The zero-order valence-corrected chi connectivity index (χ0v) is 12.2. The van der Waals surface area contributed by atoms with Gasteiger partial charge in [-0.2, -0.15) is 0 Å². The van der Waals surface area contributed by atoms with E-state index in [1.165, 1.54) is 18.2 Å². The summed E-state index contributed by atoms with van der Waals surface area (Å²) in [6, 6.07) is 7.37. The number of hydrogen-bond donors (Lipinski definition) is 2. The van der Waals surface area contributed by atoms with E-state index >= 15 is 0 Å². The van der Waals surface area contributed by atoms with E-state index in [-0.39, 0.29) is 21.3 Å². The van der Waals surface area contributed by atoms with E-state index in [0.29, 0.717) is 5.02 Å². The molecule has 0 aliphatic rings. The van der Waals surface area contributed by atoms with Gasteiger partial charge in [0.1, 0.15) is 10.7 Å². The number of nitrogens with one attached hydrogen (secondary N) is 1. The average molecular weight is 335 g/mol. The molecule has 2 rings (SSSR count). The van der Waals surface area contributed by atoms with Crippen molar-refractivity contribution in [3.8, 4) is 0 Å². The Kier molecular flexibility index (Phi) is 4.08. The van der Waals surface area contributed by atoms with Crippen molar-refractivity contribution in [2.45, 2.75) is 4.90 Å². The van der Waals surface area contributed by atoms with E-state index in [0.717, 1.165) is 18.2 Å². The van der Waals surface area contributed by atoms with E-state index in [4.69, 9.17) is 28.9 Å². The largest absolute Gasteiger partial charge is 0.397 e. The molecule has 3 N–H and O–H groups in total. The summed E-state index contributed by atoms with van der Waals surface area (Å²) in [5.41, 5.74) is 5.93. The van der Waals surface area contributed by atoms with Gasteiger partial charge in [0.25, 0.3) is 10.0 Å². The van der Waals surface area contributed by atoms with Crippen LogP contribution in [0.4, 0.5) is 15.8 Å². The summed E-state index contributed by atoms with van der Waals surface area (Å²) in [6.07, 6.45) is 0. The Bertz CT molecular complexity index is 766. The quantitative estimate of drug-likeness (QED) is 0.843. The summed E-state index contributed by atoms with van der Waals surface area (Å²) in [5, 5.41) is 0.210. The third-order valence-corrected chi connectivity index (χ3v) is 4.52. The highest BCUT2D eigenvalue weighted by Crippen LogP contribution is 2.28. The molecule has 4 nitrogen and oxygen atoms in total. The number of benzene rings is 2. The first-order valence-corrected chi connectivity index (χ1v) is 7.56. The topological polar surface area (TPSA) is 72.2 Å². The minimum absolute atomic E-state index is 0.0952. The number of nitrogens with two attached hydrogens (primary N) is 1. The highest BCUT2D eigenvalue weighted by molar-refractivity contribution is 7.92. The van der Waals surface area contributed by atoms with Gasteiger partial charge in [-0.25, -0.2) is 12.8 Å². The van der Waals surface area contributed by atoms with Crippen molar-refractivity contribution in [2.75, 3.05) is 10.5 Å². The lowest BCUT2D eigenvalue weighted by atomic mass is 10.3. The maximum Gasteiger partial charge on any atom is 0.263 e. The Morgan fingerprint density at radius 3 is 2.50 bits per heavy atom. The molecule has 0 spiro atoms. The zero-order chi connectivity index (χ0) is 14.9. The highest BCUT2D eigenvalue weighted by atomic mass is 35.5. The molecule has 0 bridgehead atoms. The van der Waals surface area contributed by atoms with Gasteiger partial charge < -0.3 is 5.73 Å². The molecular formula is C12H9Cl2FN2O2S. The van der Waals surface area contributed by atoms with Crippen LogP contribution in [0, 0.1) is 5.82 Å². The van der Waals surface area contributed by atoms with Crippen molar-refractivity contribution >= 4 is 44.6 Å². The standard InChI is InChI=1S/C12H9Cl2FN2O2S/c13-7-1-4-10(16)11(5-7)17-20(18,19)12-6-8(15)2-3-9(12)14/h1-6,17H,16H2. The maximum atomic E-state index is 13.2. The molecule has 0 unspecified atom stereocenters. The molecule has 106 valence electrons. The molecule has 0 amide bonds. The van der Waals surface area contributed by atoms with Gasteiger partial charge in [-0.15, -0.1) is 0 Å². The van der Waals surface area contributed by atoms with Crippen molar-refractivity contribution < 1.29 is 12.8 Å². The van der Waals surface area contributed by atoms with Crippen molar-refractivity contribution in [1.29, 1.82) is 0 Å². The first-order chi connectivity index (χ1) is 9.29. The third kappa shape index (κ3) is 3.15. The van der Waals surface area contributed by atoms with E-state index in [2.05, 4.69) is 4.72 Å². The summed E-state index contributed by atoms with van der Waals surface area (Å²) >= 11 is 11.5. The van der Waals surface area contributed by atoms with E-state index < -0.39 is 15.8 Å². The fraction of sp³-hybridized carbons (Fsp3) is 0. The summed E-state index contributed by atoms with van der Waals surface area (Å²) in [7, 11) is -4.07. The Morgan fingerprint density at radius 1 is 1.10 bits per heavy atom. The Labute approximate surface area is 125 Å². The monoisotopic (exact) mass is 334 g/mol. The smallest absolute Gasteiger partial charge is 0.263 e. The Balaban J connectivity index is 2.46. The Hall–Kier alpha value is -1.50. The van der Waals surface area contributed by atoms with Gasteiger partial charge in [-0.3, -0.25) is 4.72 Å². The number of halogens is 3. The van der Waals surface area contributed by atoms with Crippen LogP contribution in [-0.2, 0) is 10.0 Å². The maximum absolute atomic E-state index is 13.2. The van der Waals surface area contributed by atoms with Crippen LogP contribution in [0.3, 0.4) is 0 Å². The molecule has 0 atom stereocenters. The van der Waals surface area contributed by atoms with Gasteiger partial charge in [0, 0.05) is 5.02 Å². The van der Waals surface area contributed by atoms with Crippen LogP contribution in [-0.4, -0.2) is 8.42 Å². The molecule has 0 aromatic heterocycles. The number of hydrogen-bond acceptors (Lipinski definition) is 3. The first-order valence-electron chi connectivity index (χ1n) is 5.32. The van der Waals surface area contributed by atoms with Crippen LogP contribution in [0.2, 0.25) is 10.0 Å². The number of sulfonamides is 1. The summed E-state index contributed by atoms with van der Waals surface area (Å²) < 4.78 is 39.7. The average Bonchev–Trinajstić information content (AvgIpc) is 2.36. The fourth-order valence-electron chi connectivity index (χ4n) is 1.50. The molecule has 0 radical (unpaired) electrons. The molecule has 0 aliphatic carbocycles. The van der Waals surface area contributed by atoms with Crippen molar-refractivity contribution in [3.63, 3.8) is 0 Å². The van der Waals surface area contributed by atoms with E-state index in [9.17, 15) is 12.8 Å². The molecule has 8 heteroatoms. The molecule has 0 saturated carbocycles. The summed E-state index contributed by atoms with van der Waals surface area (Å²) in [5.74, 6) is -0.714. The lowest BCUT2D eigenvalue weighted by Crippen LogP contribution is -2.15. The van der Waals surface area contributed by atoms with Crippen molar-refractivity contribution in [3.05, 3.63) is 52.3 Å². The fourth-order valence-corrected chi connectivity index (χ4v) is 3.26. The highest BCUT2D eigenvalue weighted by Gasteiger charge is 2.20. The molecule has 0 aliphatic heterocycles. The number of nitrogen functional groups attached to an aromatic ring is 1. The molecule has 0 heterocycles. The predicted octanol–water partition coefficient (Wildman–Crippen LogP) is 3.52. The van der Waals surface area contributed by atoms with Crippen LogP contribution in [0.1, 0.15) is 0 Å². The zero-order valence-electron chi connectivity index (χ0n) is 9.90. The predicted molar refractivity (Wildman–Crippen MR) is 78.1 cm³/mol. The first kappa shape index (κ1) is 14.9. The molecule has 20 heavy (non-hydrogen) atoms. The third-order valence-electron chi connectivity index (χ3n) is 2.44. The molecule has 2 aromatic carbocycles. The minimum atomic E-state index is -4.07. The van der Waals surface area contributed by atoms with Crippen molar-refractivity contribution in [1.82, 2.24) is 0 Å². The van der Waals surface area contributed by atoms with Crippen LogP contribution in [0.25, 0.3) is 0 Å². The summed E-state index contributed by atoms with van der Waals surface area (Å²) in [6.45, 7) is 0. The van der Waals surface area contributed by atoms with Gasteiger partial charge in [-0.1, -0.05) is 23.2 Å². The minimum Gasteiger partial charge on any atom is -0.397 e. The second-order valence-corrected chi connectivity index (χ2v) is 6.41. The SMILES string of the molecule is Nc1ccc(Cl)cc1NS(=O)(=O)c1cc(F)ccc1Cl. The van der Waals surface area contributed by atoms with Gasteiger partial charge >= 0.3 is 0 Å². The van der Waals surface area contributed by atoms with Gasteiger partial charge in [0.2, 0.25) is 0 Å². The van der Waals surface area contributed by atoms with E-state index in [1.807, 2.05) is 0 Å². The van der Waals surface area contributed by atoms with E-state index in [1.54, 1.807) is 0 Å². The second-order valence-electron chi connectivity index (χ2n) is 3.91. The lowest BCUT2D eigenvalue weighted by molar-refractivity contribution is 0.595. The van der Waals surface area contributed by atoms with Gasteiger partial charge in [0.05, 0.1) is 16.4 Å². The number of rotatable bonds is 3. The summed E-state index contributed by atoms with van der Waals surface area (Å²) in [4.78, 5) is -0.376. The van der Waals surface area contributed by atoms with Gasteiger partial charge in [-0.05, 0) is 36.4 Å². The van der Waals surface area contributed by atoms with Gasteiger partial charge in [0.15, 0.2) is 0 Å². The lowest BCUT2D eigenvalue weighted by Gasteiger charge is -2.11. The molecule has 0 fully saturated rings. The molecule has 0 saturated heterocycles. The molecule has 2 aromatic rings. The van der Waals surface area contributed by atoms with Crippen LogP contribution in [0.5, 0.6) is 0 Å². The van der Waals surface area contributed by atoms with Crippen LogP contribution < -0.4 is 10.5 Å².